The second kappa shape index (κ2) is 11.0. The molecule has 7 nitrogen and oxygen atoms in total. The first-order valence-electron chi connectivity index (χ1n) is 11.5. The number of benzene rings is 2. The highest BCUT2D eigenvalue weighted by molar-refractivity contribution is 5.86. The number of ether oxygens (including phenoxy) is 1. The minimum atomic E-state index is -0.893. The van der Waals surface area contributed by atoms with E-state index in [2.05, 4.69) is 29.6 Å². The van der Waals surface area contributed by atoms with Crippen molar-refractivity contribution in [1.29, 1.82) is 0 Å². The Labute approximate surface area is 194 Å². The number of aliphatic carboxylic acids is 1. The zero-order chi connectivity index (χ0) is 24.0. The lowest BCUT2D eigenvalue weighted by molar-refractivity contribution is -0.138. The summed E-state index contributed by atoms with van der Waals surface area (Å²) >= 11 is 0. The third-order valence-electron chi connectivity index (χ3n) is 6.06. The molecule has 0 saturated carbocycles. The standard InChI is InChI=1S/C26H32N2O5/c1-4-28(15-9-14-23(29)30)25(31)24(17(2)3)27-26(32)33-16-22-20-12-7-5-10-18(20)19-11-6-8-13-21(19)22/h5-8,10-13,17,22,24H,4,9,14-16H2,1-3H3,(H,27,32)(H,29,30)/t24-/m1/s1. The zero-order valence-corrected chi connectivity index (χ0v) is 19.4. The van der Waals surface area contributed by atoms with Crippen LogP contribution >= 0.6 is 0 Å². The molecule has 176 valence electrons. The molecule has 1 aliphatic carbocycles. The van der Waals surface area contributed by atoms with Crippen LogP contribution in [0, 0.1) is 5.92 Å². The van der Waals surface area contributed by atoms with Gasteiger partial charge >= 0.3 is 12.1 Å². The summed E-state index contributed by atoms with van der Waals surface area (Å²) in [5.41, 5.74) is 4.55. The van der Waals surface area contributed by atoms with Gasteiger partial charge in [0.2, 0.25) is 5.91 Å². The number of amides is 2. The van der Waals surface area contributed by atoms with Gasteiger partial charge in [-0.3, -0.25) is 9.59 Å². The number of carboxylic acids is 1. The highest BCUT2D eigenvalue weighted by atomic mass is 16.5. The van der Waals surface area contributed by atoms with E-state index in [9.17, 15) is 14.4 Å². The molecule has 0 fully saturated rings. The Morgan fingerprint density at radius 1 is 1.03 bits per heavy atom. The summed E-state index contributed by atoms with van der Waals surface area (Å²) in [5.74, 6) is -1.33. The number of nitrogens with one attached hydrogen (secondary N) is 1. The Bertz CT molecular complexity index is 958. The molecule has 0 bridgehead atoms. The number of carboxylic acid groups (broad SMARTS) is 1. The summed E-state index contributed by atoms with van der Waals surface area (Å²) in [7, 11) is 0. The van der Waals surface area contributed by atoms with Crippen molar-refractivity contribution in [2.45, 2.75) is 45.6 Å². The van der Waals surface area contributed by atoms with Crippen LogP contribution in [-0.2, 0) is 14.3 Å². The molecule has 2 aromatic carbocycles. The number of hydrogen-bond donors (Lipinski definition) is 2. The second-order valence-electron chi connectivity index (χ2n) is 8.61. The van der Waals surface area contributed by atoms with Gasteiger partial charge < -0.3 is 20.1 Å². The molecule has 0 unspecified atom stereocenters. The van der Waals surface area contributed by atoms with Crippen LogP contribution in [0.3, 0.4) is 0 Å². The summed E-state index contributed by atoms with van der Waals surface area (Å²) in [5, 5.41) is 11.6. The molecule has 33 heavy (non-hydrogen) atoms. The number of fused-ring (bicyclic) bond motifs is 3. The van der Waals surface area contributed by atoms with E-state index < -0.39 is 18.1 Å². The van der Waals surface area contributed by atoms with Crippen LogP contribution in [-0.4, -0.2) is 53.7 Å². The molecule has 1 aliphatic rings. The summed E-state index contributed by atoms with van der Waals surface area (Å²) < 4.78 is 5.60. The van der Waals surface area contributed by atoms with E-state index in [1.54, 1.807) is 4.90 Å². The number of likely N-dealkylation sites (N-methyl/N-ethyl adjacent to an activating group) is 1. The molecule has 0 saturated heterocycles. The predicted molar refractivity (Wildman–Crippen MR) is 126 cm³/mol. The highest BCUT2D eigenvalue weighted by Crippen LogP contribution is 2.44. The molecule has 1 atom stereocenters. The Hall–Kier alpha value is -3.35. The van der Waals surface area contributed by atoms with Crippen molar-refractivity contribution in [2.75, 3.05) is 19.7 Å². The Kier molecular flexibility index (Phi) is 8.09. The van der Waals surface area contributed by atoms with E-state index in [-0.39, 0.29) is 30.8 Å². The van der Waals surface area contributed by atoms with Gasteiger partial charge in [-0.1, -0.05) is 62.4 Å². The smallest absolute Gasteiger partial charge is 0.407 e. The first-order chi connectivity index (χ1) is 15.8. The third kappa shape index (κ3) is 5.72. The van der Waals surface area contributed by atoms with Crippen LogP contribution in [0.15, 0.2) is 48.5 Å². The fourth-order valence-electron chi connectivity index (χ4n) is 4.32. The Morgan fingerprint density at radius 3 is 2.12 bits per heavy atom. The van der Waals surface area contributed by atoms with E-state index in [0.717, 1.165) is 22.3 Å². The van der Waals surface area contributed by atoms with Crippen molar-refractivity contribution < 1.29 is 24.2 Å². The van der Waals surface area contributed by atoms with Gasteiger partial charge in [-0.25, -0.2) is 4.79 Å². The van der Waals surface area contributed by atoms with E-state index in [0.29, 0.717) is 19.5 Å². The van der Waals surface area contributed by atoms with Crippen molar-refractivity contribution in [3.05, 3.63) is 59.7 Å². The van der Waals surface area contributed by atoms with Crippen LogP contribution in [0.5, 0.6) is 0 Å². The molecular weight excluding hydrogens is 420 g/mol. The van der Waals surface area contributed by atoms with E-state index >= 15 is 0 Å². The molecule has 2 amide bonds. The minimum Gasteiger partial charge on any atom is -0.481 e. The largest absolute Gasteiger partial charge is 0.481 e. The summed E-state index contributed by atoms with van der Waals surface area (Å²) in [6.07, 6.45) is -0.272. The van der Waals surface area contributed by atoms with Crippen LogP contribution < -0.4 is 5.32 Å². The first kappa shape index (κ1) is 24.3. The predicted octanol–water partition coefficient (Wildman–Crippen LogP) is 4.26. The number of alkyl carbamates (subject to hydrolysis) is 1. The van der Waals surface area contributed by atoms with Crippen LogP contribution in [0.2, 0.25) is 0 Å². The first-order valence-corrected chi connectivity index (χ1v) is 11.5. The number of carbonyl (C=O) groups excluding carboxylic acids is 2. The highest BCUT2D eigenvalue weighted by Gasteiger charge is 2.31. The van der Waals surface area contributed by atoms with Gasteiger partial charge in [-0.15, -0.1) is 0 Å². The van der Waals surface area contributed by atoms with Crippen LogP contribution in [0.4, 0.5) is 4.79 Å². The number of rotatable bonds is 10. The molecule has 3 rings (SSSR count). The SMILES string of the molecule is CCN(CCCC(=O)O)C(=O)[C@H](NC(=O)OCC1c2ccccc2-c2ccccc21)C(C)C. The van der Waals surface area contributed by atoms with E-state index in [1.807, 2.05) is 45.0 Å². The molecule has 0 radical (unpaired) electrons. The van der Waals surface area contributed by atoms with Gasteiger partial charge in [0.05, 0.1) is 0 Å². The number of nitrogens with zero attached hydrogens (tertiary/aromatic N) is 1. The monoisotopic (exact) mass is 452 g/mol. The van der Waals surface area contributed by atoms with Crippen molar-refractivity contribution in [1.82, 2.24) is 10.2 Å². The van der Waals surface area contributed by atoms with Gasteiger partial charge in [0, 0.05) is 25.4 Å². The number of carbonyl (C=O) groups is 3. The van der Waals surface area contributed by atoms with Crippen molar-refractivity contribution >= 4 is 18.0 Å². The Morgan fingerprint density at radius 2 is 1.61 bits per heavy atom. The summed E-state index contributed by atoms with van der Waals surface area (Å²) in [6, 6.07) is 15.5. The summed E-state index contributed by atoms with van der Waals surface area (Å²) in [4.78, 5) is 38.1. The minimum absolute atomic E-state index is 0.00404. The van der Waals surface area contributed by atoms with Gasteiger partial charge in [-0.05, 0) is 41.5 Å². The third-order valence-corrected chi connectivity index (χ3v) is 6.06. The van der Waals surface area contributed by atoms with Crippen LogP contribution in [0.1, 0.15) is 50.7 Å². The number of hydrogen-bond acceptors (Lipinski definition) is 4. The maximum atomic E-state index is 13.0. The van der Waals surface area contributed by atoms with Crippen LogP contribution in [0.25, 0.3) is 11.1 Å². The molecule has 7 heteroatoms. The maximum absolute atomic E-state index is 13.0. The van der Waals surface area contributed by atoms with E-state index in [1.165, 1.54) is 0 Å². The van der Waals surface area contributed by atoms with Crippen molar-refractivity contribution in [3.8, 4) is 11.1 Å². The van der Waals surface area contributed by atoms with Crippen molar-refractivity contribution in [2.24, 2.45) is 5.92 Å². The lowest BCUT2D eigenvalue weighted by Crippen LogP contribution is -2.51. The fourth-order valence-corrected chi connectivity index (χ4v) is 4.32. The van der Waals surface area contributed by atoms with E-state index in [4.69, 9.17) is 9.84 Å². The quantitative estimate of drug-likeness (QED) is 0.561. The van der Waals surface area contributed by atoms with Gasteiger partial charge in [0.1, 0.15) is 12.6 Å². The normalized spacial score (nSPS) is 13.2. The summed E-state index contributed by atoms with van der Waals surface area (Å²) in [6.45, 7) is 6.50. The fraction of sp³-hybridized carbons (Fsp3) is 0.423. The lowest BCUT2D eigenvalue weighted by atomic mass is 9.98. The van der Waals surface area contributed by atoms with Gasteiger partial charge in [0.15, 0.2) is 0 Å². The average molecular weight is 453 g/mol. The Balaban J connectivity index is 1.64. The molecule has 0 heterocycles. The molecule has 0 spiro atoms. The molecule has 2 N–H and O–H groups in total. The zero-order valence-electron chi connectivity index (χ0n) is 19.4. The second-order valence-corrected chi connectivity index (χ2v) is 8.61. The average Bonchev–Trinajstić information content (AvgIpc) is 3.12. The molecule has 0 aromatic heterocycles. The maximum Gasteiger partial charge on any atom is 0.407 e. The van der Waals surface area contributed by atoms with Gasteiger partial charge in [-0.2, -0.15) is 0 Å². The topological polar surface area (TPSA) is 95.9 Å². The lowest BCUT2D eigenvalue weighted by Gasteiger charge is -2.29. The van der Waals surface area contributed by atoms with Crippen molar-refractivity contribution in [3.63, 3.8) is 0 Å². The molecule has 0 aliphatic heterocycles. The van der Waals surface area contributed by atoms with Gasteiger partial charge in [0.25, 0.3) is 0 Å². The molecule has 2 aromatic rings. The molecular formula is C26H32N2O5.